The van der Waals surface area contributed by atoms with Gasteiger partial charge in [0.05, 0.1) is 17.8 Å². The van der Waals surface area contributed by atoms with Crippen molar-refractivity contribution in [1.29, 1.82) is 0 Å². The van der Waals surface area contributed by atoms with Crippen LogP contribution in [0.4, 0.5) is 15.2 Å². The number of rotatable bonds is 8. The summed E-state index contributed by atoms with van der Waals surface area (Å²) in [7, 11) is 0. The number of aryl methyl sites for hydroxylation is 1. The van der Waals surface area contributed by atoms with Crippen LogP contribution in [-0.2, 0) is 27.4 Å². The van der Waals surface area contributed by atoms with Crippen LogP contribution < -0.4 is 4.90 Å². The molecule has 8 nitrogen and oxygen atoms in total. The molecule has 168 valence electrons. The standard InChI is InChI=1S/C23H19FN4O4S/c1-15(29)28(19-10-6-5-9-18(19)24)23-25-17(14-33-23)13-31-21(30)12-11-20-26-22(27-32-20)16-7-3-2-4-8-16/h2-10,14H,11-13H2,1H3. The highest BCUT2D eigenvalue weighted by molar-refractivity contribution is 7.14. The molecular weight excluding hydrogens is 447 g/mol. The zero-order valence-electron chi connectivity index (χ0n) is 17.6. The minimum Gasteiger partial charge on any atom is -0.459 e. The molecule has 0 fully saturated rings. The Morgan fingerprint density at radius 1 is 1.09 bits per heavy atom. The van der Waals surface area contributed by atoms with Crippen LogP contribution in [0.25, 0.3) is 11.4 Å². The van der Waals surface area contributed by atoms with Gasteiger partial charge >= 0.3 is 5.97 Å². The number of halogens is 1. The third-order valence-corrected chi connectivity index (χ3v) is 5.44. The van der Waals surface area contributed by atoms with E-state index < -0.39 is 11.8 Å². The van der Waals surface area contributed by atoms with Gasteiger partial charge in [-0.05, 0) is 12.1 Å². The first-order valence-electron chi connectivity index (χ1n) is 10.0. The maximum Gasteiger partial charge on any atom is 0.306 e. The van der Waals surface area contributed by atoms with Crippen LogP contribution in [0.2, 0.25) is 0 Å². The average molecular weight is 466 g/mol. The van der Waals surface area contributed by atoms with Crippen LogP contribution in [-0.4, -0.2) is 27.0 Å². The number of para-hydroxylation sites is 1. The van der Waals surface area contributed by atoms with Crippen LogP contribution in [0.15, 0.2) is 64.5 Å². The second-order valence-corrected chi connectivity index (χ2v) is 7.80. The highest BCUT2D eigenvalue weighted by Gasteiger charge is 2.21. The molecule has 0 aliphatic heterocycles. The second kappa shape index (κ2) is 10.1. The van der Waals surface area contributed by atoms with Gasteiger partial charge in [-0.2, -0.15) is 4.98 Å². The number of hydrogen-bond acceptors (Lipinski definition) is 8. The minimum atomic E-state index is -0.535. The summed E-state index contributed by atoms with van der Waals surface area (Å²) in [6.45, 7) is 1.26. The van der Waals surface area contributed by atoms with E-state index in [-0.39, 0.29) is 36.2 Å². The van der Waals surface area contributed by atoms with Crippen molar-refractivity contribution >= 4 is 34.0 Å². The molecule has 10 heteroatoms. The third-order valence-electron chi connectivity index (χ3n) is 4.56. The SMILES string of the molecule is CC(=O)N(c1nc(COC(=O)CCc2nc(-c3ccccc3)no2)cs1)c1ccccc1F. The van der Waals surface area contributed by atoms with E-state index in [0.29, 0.717) is 17.4 Å². The number of thiazole rings is 1. The molecule has 0 spiro atoms. The summed E-state index contributed by atoms with van der Waals surface area (Å²) in [5, 5.41) is 5.86. The van der Waals surface area contributed by atoms with Crippen LogP contribution >= 0.6 is 11.3 Å². The fraction of sp³-hybridized carbons (Fsp3) is 0.174. The Bertz CT molecular complexity index is 1260. The normalized spacial score (nSPS) is 10.7. The average Bonchev–Trinajstić information content (AvgIpc) is 3.48. The minimum absolute atomic E-state index is 0.0578. The maximum atomic E-state index is 14.2. The first-order valence-corrected chi connectivity index (χ1v) is 10.9. The van der Waals surface area contributed by atoms with E-state index in [1.54, 1.807) is 17.5 Å². The molecule has 1 amide bonds. The quantitative estimate of drug-likeness (QED) is 0.347. The molecule has 0 aliphatic rings. The van der Waals surface area contributed by atoms with E-state index in [0.717, 1.165) is 16.9 Å². The van der Waals surface area contributed by atoms with E-state index in [1.165, 1.54) is 24.0 Å². The lowest BCUT2D eigenvalue weighted by Gasteiger charge is -2.18. The van der Waals surface area contributed by atoms with Gasteiger partial charge in [-0.15, -0.1) is 11.3 Å². The van der Waals surface area contributed by atoms with Crippen molar-refractivity contribution in [3.8, 4) is 11.4 Å². The van der Waals surface area contributed by atoms with Gasteiger partial charge in [-0.1, -0.05) is 47.6 Å². The summed E-state index contributed by atoms with van der Waals surface area (Å²) in [5.41, 5.74) is 1.39. The summed E-state index contributed by atoms with van der Waals surface area (Å²) in [6.07, 6.45) is 0.300. The van der Waals surface area contributed by atoms with Gasteiger partial charge in [-0.25, -0.2) is 9.37 Å². The molecule has 4 rings (SSSR count). The second-order valence-electron chi connectivity index (χ2n) is 6.97. The number of benzene rings is 2. The molecule has 2 aromatic heterocycles. The van der Waals surface area contributed by atoms with Crippen LogP contribution in [0, 0.1) is 5.82 Å². The molecule has 0 N–H and O–H groups in total. The fourth-order valence-electron chi connectivity index (χ4n) is 3.00. The molecular formula is C23H19FN4O4S. The Morgan fingerprint density at radius 2 is 1.85 bits per heavy atom. The van der Waals surface area contributed by atoms with Crippen molar-refractivity contribution in [2.45, 2.75) is 26.4 Å². The number of aromatic nitrogens is 3. The van der Waals surface area contributed by atoms with E-state index in [9.17, 15) is 14.0 Å². The Hall–Kier alpha value is -3.92. The van der Waals surface area contributed by atoms with Crippen molar-refractivity contribution < 1.29 is 23.2 Å². The maximum absolute atomic E-state index is 14.2. The molecule has 2 heterocycles. The smallest absolute Gasteiger partial charge is 0.306 e. The van der Waals surface area contributed by atoms with Gasteiger partial charge in [0.2, 0.25) is 17.6 Å². The summed E-state index contributed by atoms with van der Waals surface area (Å²) < 4.78 is 24.6. The fourth-order valence-corrected chi connectivity index (χ4v) is 3.87. The zero-order chi connectivity index (χ0) is 23.2. The Balaban J connectivity index is 1.32. The van der Waals surface area contributed by atoms with Crippen molar-refractivity contribution in [2.75, 3.05) is 4.90 Å². The highest BCUT2D eigenvalue weighted by atomic mass is 32.1. The lowest BCUT2D eigenvalue weighted by Crippen LogP contribution is -2.23. The Morgan fingerprint density at radius 3 is 2.61 bits per heavy atom. The van der Waals surface area contributed by atoms with Crippen molar-refractivity contribution in [3.63, 3.8) is 0 Å². The first-order chi connectivity index (χ1) is 16.0. The van der Waals surface area contributed by atoms with E-state index in [1.807, 2.05) is 30.3 Å². The molecule has 4 aromatic rings. The number of esters is 1. The van der Waals surface area contributed by atoms with Crippen molar-refractivity contribution in [3.05, 3.63) is 77.4 Å². The predicted octanol–water partition coefficient (Wildman–Crippen LogP) is 4.69. The largest absolute Gasteiger partial charge is 0.459 e. The topological polar surface area (TPSA) is 98.4 Å². The number of nitrogens with zero attached hydrogens (tertiary/aromatic N) is 4. The van der Waals surface area contributed by atoms with Crippen LogP contribution in [0.3, 0.4) is 0 Å². The molecule has 0 saturated carbocycles. The van der Waals surface area contributed by atoms with Crippen molar-refractivity contribution in [1.82, 2.24) is 15.1 Å². The van der Waals surface area contributed by atoms with E-state index >= 15 is 0 Å². The molecule has 0 aliphatic carbocycles. The molecule has 0 bridgehead atoms. The third kappa shape index (κ3) is 5.47. The number of hydrogen-bond donors (Lipinski definition) is 0. The number of anilines is 2. The van der Waals surface area contributed by atoms with Gasteiger partial charge in [0.1, 0.15) is 12.4 Å². The molecule has 0 unspecified atom stereocenters. The Kier molecular flexibility index (Phi) is 6.84. The summed E-state index contributed by atoms with van der Waals surface area (Å²) in [4.78, 5) is 34.0. The van der Waals surface area contributed by atoms with Gasteiger partial charge < -0.3 is 9.26 Å². The monoisotopic (exact) mass is 466 g/mol. The number of ether oxygens (including phenoxy) is 1. The molecule has 0 atom stereocenters. The van der Waals surface area contributed by atoms with E-state index in [4.69, 9.17) is 9.26 Å². The molecule has 2 aromatic carbocycles. The summed E-state index contributed by atoms with van der Waals surface area (Å²) in [6, 6.07) is 15.3. The summed E-state index contributed by atoms with van der Waals surface area (Å²) in [5.74, 6) is -0.580. The van der Waals surface area contributed by atoms with Crippen LogP contribution in [0.1, 0.15) is 24.9 Å². The number of amides is 1. The molecule has 0 radical (unpaired) electrons. The molecule has 0 saturated heterocycles. The Labute approximate surface area is 192 Å². The predicted molar refractivity (Wildman–Crippen MR) is 119 cm³/mol. The van der Waals surface area contributed by atoms with E-state index in [2.05, 4.69) is 15.1 Å². The van der Waals surface area contributed by atoms with Gasteiger partial charge in [-0.3, -0.25) is 14.5 Å². The van der Waals surface area contributed by atoms with Gasteiger partial charge in [0.25, 0.3) is 0 Å². The lowest BCUT2D eigenvalue weighted by molar-refractivity contribution is -0.145. The van der Waals surface area contributed by atoms with Crippen LogP contribution in [0.5, 0.6) is 0 Å². The zero-order valence-corrected chi connectivity index (χ0v) is 18.4. The van der Waals surface area contributed by atoms with Crippen molar-refractivity contribution in [2.24, 2.45) is 0 Å². The van der Waals surface area contributed by atoms with Gasteiger partial charge in [0, 0.05) is 24.3 Å². The highest BCUT2D eigenvalue weighted by Crippen LogP contribution is 2.30. The first kappa shape index (κ1) is 22.3. The molecule has 33 heavy (non-hydrogen) atoms. The van der Waals surface area contributed by atoms with Gasteiger partial charge in [0.15, 0.2) is 5.13 Å². The lowest BCUT2D eigenvalue weighted by atomic mass is 10.2. The summed E-state index contributed by atoms with van der Waals surface area (Å²) >= 11 is 1.15. The number of carbonyl (C=O) groups excluding carboxylic acids is 2. The number of carbonyl (C=O) groups is 2.